The lowest BCUT2D eigenvalue weighted by Gasteiger charge is -2.41. The van der Waals surface area contributed by atoms with Crippen molar-refractivity contribution in [2.75, 3.05) is 26.3 Å². The first kappa shape index (κ1) is 18.0. The minimum Gasteiger partial charge on any atom is -0.378 e. The minimum absolute atomic E-state index is 0.261. The van der Waals surface area contributed by atoms with E-state index < -0.39 is 0 Å². The largest absolute Gasteiger partial charge is 0.378 e. The number of Topliss-reactive ketones (excluding diaryl/α,β-unsaturated/α-hetero) is 1. The van der Waals surface area contributed by atoms with Gasteiger partial charge in [0.25, 0.3) is 0 Å². The molecule has 2 saturated heterocycles. The third-order valence-electron chi connectivity index (χ3n) is 6.45. The molecular formula is C22H28N4O2. The molecule has 0 spiro atoms. The molecule has 28 heavy (non-hydrogen) atoms. The van der Waals surface area contributed by atoms with Crippen molar-refractivity contribution in [2.45, 2.75) is 57.5 Å². The maximum atomic E-state index is 11.7. The Labute approximate surface area is 165 Å². The Hall–Kier alpha value is -2.05. The SMILES string of the molecule is CC(C)n1nc(-c2cnc3c(c2)CC(=O)C3)cc1C1CCN(C2COC2)CC1. The molecule has 2 aliphatic heterocycles. The van der Waals surface area contributed by atoms with E-state index in [0.29, 0.717) is 30.8 Å². The molecule has 3 aliphatic rings. The summed E-state index contributed by atoms with van der Waals surface area (Å²) in [6.45, 7) is 8.46. The molecule has 0 atom stereocenters. The first-order chi connectivity index (χ1) is 13.6. The van der Waals surface area contributed by atoms with E-state index in [4.69, 9.17) is 9.84 Å². The molecule has 1 aliphatic carbocycles. The van der Waals surface area contributed by atoms with E-state index in [2.05, 4.69) is 40.5 Å². The second-order valence-electron chi connectivity index (χ2n) is 8.72. The average molecular weight is 380 g/mol. The van der Waals surface area contributed by atoms with E-state index in [9.17, 15) is 4.79 Å². The normalized spacial score (nSPS) is 21.3. The van der Waals surface area contributed by atoms with Crippen LogP contribution in [0, 0.1) is 0 Å². The fourth-order valence-corrected chi connectivity index (χ4v) is 4.72. The maximum Gasteiger partial charge on any atom is 0.143 e. The second kappa shape index (κ2) is 7.08. The van der Waals surface area contributed by atoms with Crippen molar-refractivity contribution < 1.29 is 9.53 Å². The maximum absolute atomic E-state index is 11.7. The zero-order valence-corrected chi connectivity index (χ0v) is 16.7. The summed E-state index contributed by atoms with van der Waals surface area (Å²) in [4.78, 5) is 18.9. The summed E-state index contributed by atoms with van der Waals surface area (Å²) in [5, 5.41) is 4.94. The summed E-state index contributed by atoms with van der Waals surface area (Å²) in [5.41, 5.74) is 5.35. The lowest BCUT2D eigenvalue weighted by atomic mass is 9.91. The predicted octanol–water partition coefficient (Wildman–Crippen LogP) is 2.77. The zero-order chi connectivity index (χ0) is 19.3. The van der Waals surface area contributed by atoms with Crippen LogP contribution in [0.5, 0.6) is 0 Å². The van der Waals surface area contributed by atoms with E-state index in [0.717, 1.165) is 48.8 Å². The number of hydrogen-bond donors (Lipinski definition) is 0. The van der Waals surface area contributed by atoms with Crippen LogP contribution < -0.4 is 0 Å². The van der Waals surface area contributed by atoms with Crippen molar-refractivity contribution in [1.29, 1.82) is 0 Å². The van der Waals surface area contributed by atoms with E-state index in [1.54, 1.807) is 0 Å². The molecule has 0 saturated carbocycles. The highest BCUT2D eigenvalue weighted by atomic mass is 16.5. The van der Waals surface area contributed by atoms with Gasteiger partial charge in [-0.15, -0.1) is 0 Å². The fourth-order valence-electron chi connectivity index (χ4n) is 4.72. The number of ketones is 1. The summed E-state index contributed by atoms with van der Waals surface area (Å²) >= 11 is 0. The highest BCUT2D eigenvalue weighted by Gasteiger charge is 2.32. The van der Waals surface area contributed by atoms with Crippen LogP contribution in [0.2, 0.25) is 0 Å². The number of aromatic nitrogens is 3. The van der Waals surface area contributed by atoms with Crippen LogP contribution in [0.1, 0.15) is 55.6 Å². The van der Waals surface area contributed by atoms with Crippen molar-refractivity contribution in [3.63, 3.8) is 0 Å². The van der Waals surface area contributed by atoms with E-state index in [1.165, 1.54) is 18.5 Å². The topological polar surface area (TPSA) is 60.2 Å². The molecule has 0 unspecified atom stereocenters. The van der Waals surface area contributed by atoms with Crippen molar-refractivity contribution >= 4 is 5.78 Å². The first-order valence-electron chi connectivity index (χ1n) is 10.5. The fraction of sp³-hybridized carbons (Fsp3) is 0.591. The van der Waals surface area contributed by atoms with Gasteiger partial charge in [-0.3, -0.25) is 19.4 Å². The molecular weight excluding hydrogens is 352 g/mol. The number of pyridine rings is 1. The number of piperidine rings is 1. The molecule has 148 valence electrons. The Kier molecular flexibility index (Phi) is 4.56. The van der Waals surface area contributed by atoms with Gasteiger partial charge in [-0.25, -0.2) is 0 Å². The van der Waals surface area contributed by atoms with E-state index in [-0.39, 0.29) is 5.78 Å². The van der Waals surface area contributed by atoms with Crippen LogP contribution in [0.15, 0.2) is 18.3 Å². The van der Waals surface area contributed by atoms with Crippen LogP contribution in [-0.4, -0.2) is 57.8 Å². The van der Waals surface area contributed by atoms with Gasteiger partial charge >= 0.3 is 0 Å². The van der Waals surface area contributed by atoms with Gasteiger partial charge in [-0.05, 0) is 57.5 Å². The van der Waals surface area contributed by atoms with Gasteiger partial charge in [0.15, 0.2) is 0 Å². The molecule has 0 bridgehead atoms. The van der Waals surface area contributed by atoms with E-state index >= 15 is 0 Å². The van der Waals surface area contributed by atoms with Gasteiger partial charge < -0.3 is 4.74 Å². The van der Waals surface area contributed by atoms with Crippen molar-refractivity contribution in [3.05, 3.63) is 35.3 Å². The first-order valence-corrected chi connectivity index (χ1v) is 10.5. The highest BCUT2D eigenvalue weighted by Crippen LogP contribution is 2.34. The quantitative estimate of drug-likeness (QED) is 0.816. The Morgan fingerprint density at radius 1 is 1.14 bits per heavy atom. The number of fused-ring (bicyclic) bond motifs is 1. The second-order valence-corrected chi connectivity index (χ2v) is 8.72. The smallest absolute Gasteiger partial charge is 0.143 e. The highest BCUT2D eigenvalue weighted by molar-refractivity contribution is 5.87. The zero-order valence-electron chi connectivity index (χ0n) is 16.7. The summed E-state index contributed by atoms with van der Waals surface area (Å²) in [6.07, 6.45) is 5.22. The van der Waals surface area contributed by atoms with Crippen LogP contribution in [0.25, 0.3) is 11.3 Å². The monoisotopic (exact) mass is 380 g/mol. The van der Waals surface area contributed by atoms with Crippen molar-refractivity contribution in [1.82, 2.24) is 19.7 Å². The van der Waals surface area contributed by atoms with Gasteiger partial charge in [0, 0.05) is 42.3 Å². The van der Waals surface area contributed by atoms with Gasteiger partial charge in [-0.1, -0.05) is 0 Å². The summed E-state index contributed by atoms with van der Waals surface area (Å²) in [6, 6.07) is 5.33. The molecule has 2 aromatic rings. The molecule has 4 heterocycles. The molecule has 2 aromatic heterocycles. The lowest BCUT2D eigenvalue weighted by molar-refractivity contribution is -0.117. The Morgan fingerprint density at radius 3 is 2.61 bits per heavy atom. The van der Waals surface area contributed by atoms with Gasteiger partial charge in [0.2, 0.25) is 0 Å². The Morgan fingerprint density at radius 2 is 1.93 bits per heavy atom. The number of nitrogens with zero attached hydrogens (tertiary/aromatic N) is 4. The summed E-state index contributed by atoms with van der Waals surface area (Å²) in [7, 11) is 0. The number of carbonyl (C=O) groups is 1. The summed E-state index contributed by atoms with van der Waals surface area (Å²) in [5.74, 6) is 0.807. The molecule has 5 rings (SSSR count). The van der Waals surface area contributed by atoms with Crippen molar-refractivity contribution in [2.24, 2.45) is 0 Å². The average Bonchev–Trinajstić information content (AvgIpc) is 3.23. The molecule has 6 heteroatoms. The third kappa shape index (κ3) is 3.18. The Bertz CT molecular complexity index is 892. The van der Waals surface area contributed by atoms with Crippen LogP contribution in [-0.2, 0) is 22.4 Å². The van der Waals surface area contributed by atoms with E-state index in [1.807, 2.05) is 6.20 Å². The number of likely N-dealkylation sites (tertiary alicyclic amines) is 1. The number of hydrogen-bond acceptors (Lipinski definition) is 5. The minimum atomic E-state index is 0.261. The van der Waals surface area contributed by atoms with Gasteiger partial charge in [0.05, 0.1) is 30.6 Å². The molecule has 0 amide bonds. The molecule has 2 fully saturated rings. The van der Waals surface area contributed by atoms with Crippen LogP contribution in [0.4, 0.5) is 0 Å². The lowest BCUT2D eigenvalue weighted by Crippen LogP contribution is -2.51. The summed E-state index contributed by atoms with van der Waals surface area (Å²) < 4.78 is 7.55. The predicted molar refractivity (Wildman–Crippen MR) is 106 cm³/mol. The molecule has 0 aromatic carbocycles. The van der Waals surface area contributed by atoms with Crippen LogP contribution >= 0.6 is 0 Å². The number of rotatable bonds is 4. The third-order valence-corrected chi connectivity index (χ3v) is 6.45. The van der Waals surface area contributed by atoms with Gasteiger partial charge in [0.1, 0.15) is 5.78 Å². The standard InChI is InChI=1S/C22H28N4O2/c1-14(2)26-22(15-3-5-25(6-4-15)18-12-28-13-18)10-21(24-26)17-7-16-8-19(27)9-20(16)23-11-17/h7,10-11,14-15,18H,3-6,8-9,12-13H2,1-2H3. The number of carbonyl (C=O) groups excluding carboxylic acids is 1. The van der Waals surface area contributed by atoms with Gasteiger partial charge in [-0.2, -0.15) is 5.10 Å². The van der Waals surface area contributed by atoms with Crippen LogP contribution in [0.3, 0.4) is 0 Å². The van der Waals surface area contributed by atoms with Crippen molar-refractivity contribution in [3.8, 4) is 11.3 Å². The molecule has 0 radical (unpaired) electrons. The number of ether oxygens (including phenoxy) is 1. The molecule has 6 nitrogen and oxygen atoms in total. The Balaban J connectivity index is 1.39. The molecule has 0 N–H and O–H groups in total.